The van der Waals surface area contributed by atoms with Crippen molar-refractivity contribution in [1.82, 2.24) is 19.9 Å². The summed E-state index contributed by atoms with van der Waals surface area (Å²) in [6, 6.07) is 13.0. The zero-order valence-corrected chi connectivity index (χ0v) is 15.2. The highest BCUT2D eigenvalue weighted by atomic mass is 32.1. The van der Waals surface area contributed by atoms with Crippen LogP contribution in [-0.4, -0.2) is 25.8 Å². The van der Waals surface area contributed by atoms with Crippen molar-refractivity contribution in [3.63, 3.8) is 0 Å². The fraction of sp³-hybridized carbons (Fsp3) is 0. The molecule has 1 amide bonds. The summed E-state index contributed by atoms with van der Waals surface area (Å²) in [6.45, 7) is 0. The minimum atomic E-state index is -0.195. The Morgan fingerprint density at radius 1 is 1.07 bits per heavy atom. The monoisotopic (exact) mass is 387 g/mol. The van der Waals surface area contributed by atoms with Crippen molar-refractivity contribution in [2.45, 2.75) is 0 Å². The van der Waals surface area contributed by atoms with Gasteiger partial charge in [-0.1, -0.05) is 12.1 Å². The maximum atomic E-state index is 12.6. The molecular weight excluding hydrogens is 374 g/mol. The molecule has 7 nitrogen and oxygen atoms in total. The van der Waals surface area contributed by atoms with Crippen LogP contribution in [0.2, 0.25) is 0 Å². The predicted octanol–water partition coefficient (Wildman–Crippen LogP) is 4.61. The third-order valence-corrected chi connectivity index (χ3v) is 4.97. The molecule has 0 saturated carbocycles. The van der Waals surface area contributed by atoms with Crippen molar-refractivity contribution in [2.75, 3.05) is 5.32 Å². The molecule has 0 spiro atoms. The van der Waals surface area contributed by atoms with Crippen molar-refractivity contribution >= 4 is 44.2 Å². The normalized spacial score (nSPS) is 11.0. The van der Waals surface area contributed by atoms with E-state index < -0.39 is 0 Å². The lowest BCUT2D eigenvalue weighted by molar-refractivity contribution is 0.102. The standard InChI is InChI=1S/C20H13N5O2S/c26-18(25-20-22-8-9-28-20)15-3-1-2-12-10-13(4-5-14(12)15)27-19-16-6-7-21-17(16)23-11-24-19/h1-11H,(H,21,23,24)(H,22,25,26). The Kier molecular flexibility index (Phi) is 3.95. The zero-order valence-electron chi connectivity index (χ0n) is 14.4. The number of amides is 1. The first-order valence-electron chi connectivity index (χ1n) is 8.47. The molecule has 0 saturated heterocycles. The molecule has 0 unspecified atom stereocenters. The van der Waals surface area contributed by atoms with Crippen molar-refractivity contribution in [3.05, 3.63) is 72.1 Å². The summed E-state index contributed by atoms with van der Waals surface area (Å²) in [4.78, 5) is 28.1. The van der Waals surface area contributed by atoms with Gasteiger partial charge in [-0.05, 0) is 41.1 Å². The number of nitrogens with zero attached hydrogens (tertiary/aromatic N) is 3. The Morgan fingerprint density at radius 2 is 2.04 bits per heavy atom. The van der Waals surface area contributed by atoms with Crippen LogP contribution in [-0.2, 0) is 0 Å². The molecule has 5 aromatic rings. The summed E-state index contributed by atoms with van der Waals surface area (Å²) in [5.41, 5.74) is 1.29. The number of carbonyl (C=O) groups excluding carboxylic acids is 1. The van der Waals surface area contributed by atoms with Gasteiger partial charge in [0.2, 0.25) is 5.88 Å². The van der Waals surface area contributed by atoms with Gasteiger partial charge in [0.1, 0.15) is 17.7 Å². The van der Waals surface area contributed by atoms with Gasteiger partial charge in [-0.15, -0.1) is 11.3 Å². The number of hydrogen-bond donors (Lipinski definition) is 2. The first-order valence-corrected chi connectivity index (χ1v) is 9.35. The molecule has 0 radical (unpaired) electrons. The number of rotatable bonds is 4. The average molecular weight is 387 g/mol. The van der Waals surface area contributed by atoms with Gasteiger partial charge >= 0.3 is 0 Å². The van der Waals surface area contributed by atoms with E-state index in [9.17, 15) is 4.79 Å². The molecule has 8 heteroatoms. The van der Waals surface area contributed by atoms with E-state index in [4.69, 9.17) is 4.74 Å². The average Bonchev–Trinajstić information content (AvgIpc) is 3.39. The number of aromatic nitrogens is 4. The molecule has 0 aliphatic heterocycles. The van der Waals surface area contributed by atoms with E-state index in [1.807, 2.05) is 41.8 Å². The first-order chi connectivity index (χ1) is 13.8. The van der Waals surface area contributed by atoms with E-state index >= 15 is 0 Å². The lowest BCUT2D eigenvalue weighted by Crippen LogP contribution is -2.12. The molecule has 0 atom stereocenters. The topological polar surface area (TPSA) is 92.8 Å². The van der Waals surface area contributed by atoms with Crippen LogP contribution in [0.3, 0.4) is 0 Å². The summed E-state index contributed by atoms with van der Waals surface area (Å²) >= 11 is 1.38. The number of aromatic amines is 1. The molecule has 136 valence electrons. The van der Waals surface area contributed by atoms with Gasteiger partial charge in [0.05, 0.1) is 5.39 Å². The molecular formula is C20H13N5O2S. The van der Waals surface area contributed by atoms with Gasteiger partial charge in [0.25, 0.3) is 5.91 Å². The van der Waals surface area contributed by atoms with Crippen LogP contribution < -0.4 is 10.1 Å². The maximum absolute atomic E-state index is 12.6. The quantitative estimate of drug-likeness (QED) is 0.470. The van der Waals surface area contributed by atoms with Crippen molar-refractivity contribution in [2.24, 2.45) is 0 Å². The third-order valence-electron chi connectivity index (χ3n) is 4.28. The Balaban J connectivity index is 1.48. The molecule has 5 rings (SSSR count). The number of anilines is 1. The summed E-state index contributed by atoms with van der Waals surface area (Å²) in [5.74, 6) is 0.911. The zero-order chi connectivity index (χ0) is 18.9. The number of ether oxygens (including phenoxy) is 1. The molecule has 3 aromatic heterocycles. The van der Waals surface area contributed by atoms with Crippen molar-refractivity contribution < 1.29 is 9.53 Å². The second kappa shape index (κ2) is 6.75. The predicted molar refractivity (Wildman–Crippen MR) is 108 cm³/mol. The van der Waals surface area contributed by atoms with Crippen molar-refractivity contribution in [1.29, 1.82) is 0 Å². The van der Waals surface area contributed by atoms with Crippen LogP contribution in [0.5, 0.6) is 11.6 Å². The summed E-state index contributed by atoms with van der Waals surface area (Å²) < 4.78 is 5.96. The molecule has 0 aliphatic carbocycles. The number of fused-ring (bicyclic) bond motifs is 2. The molecule has 28 heavy (non-hydrogen) atoms. The summed E-state index contributed by atoms with van der Waals surface area (Å²) in [5, 5.41) is 7.73. The molecule has 0 bridgehead atoms. The fourth-order valence-corrected chi connectivity index (χ4v) is 3.54. The number of thiazole rings is 1. The Labute approximate surface area is 163 Å². The van der Waals surface area contributed by atoms with Gasteiger partial charge in [-0.3, -0.25) is 10.1 Å². The fourth-order valence-electron chi connectivity index (χ4n) is 3.01. The molecule has 2 N–H and O–H groups in total. The number of H-pyrrole nitrogens is 1. The first kappa shape index (κ1) is 16.4. The van der Waals surface area contributed by atoms with Gasteiger partial charge in [-0.2, -0.15) is 0 Å². The summed E-state index contributed by atoms with van der Waals surface area (Å²) in [7, 11) is 0. The largest absolute Gasteiger partial charge is 0.438 e. The van der Waals surface area contributed by atoms with E-state index in [1.54, 1.807) is 18.5 Å². The molecule has 0 aliphatic rings. The SMILES string of the molecule is O=C(Nc1nccs1)c1cccc2cc(Oc3ncnc4[nH]ccc34)ccc12. The van der Waals surface area contributed by atoms with Crippen molar-refractivity contribution in [3.8, 4) is 11.6 Å². The van der Waals surface area contributed by atoms with Crippen LogP contribution in [0.4, 0.5) is 5.13 Å². The molecule has 0 fully saturated rings. The third kappa shape index (κ3) is 2.95. The Hall–Kier alpha value is -3.78. The number of hydrogen-bond acceptors (Lipinski definition) is 6. The number of carbonyl (C=O) groups is 1. The minimum Gasteiger partial charge on any atom is -0.438 e. The number of nitrogens with one attached hydrogen (secondary N) is 2. The van der Waals surface area contributed by atoms with E-state index in [2.05, 4.69) is 25.3 Å². The van der Waals surface area contributed by atoms with Gasteiger partial charge < -0.3 is 9.72 Å². The van der Waals surface area contributed by atoms with E-state index in [1.165, 1.54) is 17.7 Å². The maximum Gasteiger partial charge on any atom is 0.258 e. The van der Waals surface area contributed by atoms with E-state index in [0.29, 0.717) is 28.0 Å². The van der Waals surface area contributed by atoms with E-state index in [-0.39, 0.29) is 5.91 Å². The second-order valence-electron chi connectivity index (χ2n) is 6.00. The van der Waals surface area contributed by atoms with Gasteiger partial charge in [-0.25, -0.2) is 15.0 Å². The second-order valence-corrected chi connectivity index (χ2v) is 6.90. The van der Waals surface area contributed by atoms with Crippen LogP contribution >= 0.6 is 11.3 Å². The van der Waals surface area contributed by atoms with Crippen LogP contribution in [0.15, 0.2) is 66.6 Å². The van der Waals surface area contributed by atoms with Crippen LogP contribution in [0.1, 0.15) is 10.4 Å². The molecule has 3 heterocycles. The smallest absolute Gasteiger partial charge is 0.258 e. The number of benzene rings is 2. The highest BCUT2D eigenvalue weighted by molar-refractivity contribution is 7.13. The molecule has 2 aromatic carbocycles. The van der Waals surface area contributed by atoms with Gasteiger partial charge in [0, 0.05) is 23.3 Å². The van der Waals surface area contributed by atoms with Crippen LogP contribution in [0.25, 0.3) is 21.8 Å². The highest BCUT2D eigenvalue weighted by Crippen LogP contribution is 2.30. The minimum absolute atomic E-state index is 0.195. The van der Waals surface area contributed by atoms with Gasteiger partial charge in [0.15, 0.2) is 5.13 Å². The Bertz CT molecular complexity index is 1300. The lowest BCUT2D eigenvalue weighted by atomic mass is 10.0. The van der Waals surface area contributed by atoms with Crippen LogP contribution in [0, 0.1) is 0 Å². The Morgan fingerprint density at radius 3 is 2.93 bits per heavy atom. The lowest BCUT2D eigenvalue weighted by Gasteiger charge is -2.09. The van der Waals surface area contributed by atoms with E-state index in [0.717, 1.165) is 16.2 Å². The summed E-state index contributed by atoms with van der Waals surface area (Å²) in [6.07, 6.45) is 4.90. The highest BCUT2D eigenvalue weighted by Gasteiger charge is 2.13.